The highest BCUT2D eigenvalue weighted by molar-refractivity contribution is 5.97. The Morgan fingerprint density at radius 1 is 1.10 bits per heavy atom. The van der Waals surface area contributed by atoms with E-state index in [2.05, 4.69) is 0 Å². The van der Waals surface area contributed by atoms with Crippen LogP contribution >= 0.6 is 0 Å². The van der Waals surface area contributed by atoms with E-state index >= 15 is 0 Å². The van der Waals surface area contributed by atoms with Gasteiger partial charge in [-0.05, 0) is 37.6 Å². The second-order valence-electron chi connectivity index (χ2n) is 4.69. The van der Waals surface area contributed by atoms with Gasteiger partial charge in [0.2, 0.25) is 0 Å². The van der Waals surface area contributed by atoms with Crippen molar-refractivity contribution in [2.45, 2.75) is 13.8 Å². The van der Waals surface area contributed by atoms with Gasteiger partial charge in [-0.25, -0.2) is 0 Å². The molecule has 0 fully saturated rings. The van der Waals surface area contributed by atoms with E-state index in [-0.39, 0.29) is 5.91 Å². The lowest BCUT2D eigenvalue weighted by Crippen LogP contribution is -2.26. The number of rotatable bonds is 4. The summed E-state index contributed by atoms with van der Waals surface area (Å²) in [7, 11) is 1.79. The summed E-state index contributed by atoms with van der Waals surface area (Å²) in [6, 6.07) is 15.1. The Morgan fingerprint density at radius 3 is 2.45 bits per heavy atom. The average molecular weight is 269 g/mol. The monoisotopic (exact) mass is 269 g/mol. The van der Waals surface area contributed by atoms with Crippen molar-refractivity contribution < 1.29 is 9.53 Å². The third-order valence-corrected chi connectivity index (χ3v) is 3.23. The number of hydrogen-bond donors (Lipinski definition) is 0. The molecule has 0 aliphatic carbocycles. The molecule has 0 N–H and O–H groups in total. The maximum atomic E-state index is 12.4. The molecule has 0 saturated heterocycles. The molecule has 3 nitrogen and oxygen atoms in total. The standard InChI is InChI=1S/C17H19NO2/c1-4-18(3)17(19)15-12-8-9-13(2)16(15)20-14-10-6-5-7-11-14/h5-12H,4H2,1-3H3. The number of aryl methyl sites for hydroxylation is 1. The van der Waals surface area contributed by atoms with Gasteiger partial charge in [0.15, 0.2) is 0 Å². The van der Waals surface area contributed by atoms with E-state index in [1.807, 2.05) is 56.3 Å². The first-order chi connectivity index (χ1) is 9.63. The zero-order chi connectivity index (χ0) is 14.5. The highest BCUT2D eigenvalue weighted by atomic mass is 16.5. The predicted octanol–water partition coefficient (Wildman–Crippen LogP) is 3.88. The predicted molar refractivity (Wildman–Crippen MR) is 80.3 cm³/mol. The second-order valence-corrected chi connectivity index (χ2v) is 4.69. The molecule has 0 saturated carbocycles. The minimum absolute atomic E-state index is 0.0258. The van der Waals surface area contributed by atoms with Crippen LogP contribution < -0.4 is 4.74 Å². The molecule has 104 valence electrons. The van der Waals surface area contributed by atoms with Crippen LogP contribution in [0.15, 0.2) is 48.5 Å². The topological polar surface area (TPSA) is 29.5 Å². The van der Waals surface area contributed by atoms with Gasteiger partial charge in [0.05, 0.1) is 5.56 Å². The lowest BCUT2D eigenvalue weighted by molar-refractivity contribution is 0.0799. The number of ether oxygens (including phenoxy) is 1. The largest absolute Gasteiger partial charge is 0.456 e. The number of carbonyl (C=O) groups excluding carboxylic acids is 1. The quantitative estimate of drug-likeness (QED) is 0.843. The van der Waals surface area contributed by atoms with E-state index < -0.39 is 0 Å². The molecule has 1 amide bonds. The smallest absolute Gasteiger partial charge is 0.257 e. The van der Waals surface area contributed by atoms with Crippen molar-refractivity contribution in [3.63, 3.8) is 0 Å². The highest BCUT2D eigenvalue weighted by Crippen LogP contribution is 2.29. The van der Waals surface area contributed by atoms with Crippen molar-refractivity contribution in [3.8, 4) is 11.5 Å². The molecule has 2 aromatic rings. The van der Waals surface area contributed by atoms with Gasteiger partial charge >= 0.3 is 0 Å². The Balaban J connectivity index is 2.39. The molecular weight excluding hydrogens is 250 g/mol. The van der Waals surface area contributed by atoms with E-state index in [0.717, 1.165) is 11.3 Å². The summed E-state index contributed by atoms with van der Waals surface area (Å²) in [5, 5.41) is 0. The molecule has 0 aromatic heterocycles. The van der Waals surface area contributed by atoms with Gasteiger partial charge < -0.3 is 9.64 Å². The van der Waals surface area contributed by atoms with Crippen molar-refractivity contribution >= 4 is 5.91 Å². The molecular formula is C17H19NO2. The molecule has 2 aromatic carbocycles. The number of amides is 1. The lowest BCUT2D eigenvalue weighted by atomic mass is 10.1. The first-order valence-corrected chi connectivity index (χ1v) is 6.71. The van der Waals surface area contributed by atoms with Gasteiger partial charge in [-0.1, -0.05) is 30.3 Å². The number of nitrogens with zero attached hydrogens (tertiary/aromatic N) is 1. The molecule has 0 spiro atoms. The van der Waals surface area contributed by atoms with Crippen LogP contribution in [-0.2, 0) is 0 Å². The zero-order valence-corrected chi connectivity index (χ0v) is 12.1. The molecule has 20 heavy (non-hydrogen) atoms. The third-order valence-electron chi connectivity index (χ3n) is 3.23. The van der Waals surface area contributed by atoms with Gasteiger partial charge in [-0.15, -0.1) is 0 Å². The van der Waals surface area contributed by atoms with Gasteiger partial charge in [0.25, 0.3) is 5.91 Å². The number of carbonyl (C=O) groups is 1. The Kier molecular flexibility index (Phi) is 4.41. The van der Waals surface area contributed by atoms with E-state index in [4.69, 9.17) is 4.74 Å². The fourth-order valence-electron chi connectivity index (χ4n) is 1.91. The summed E-state index contributed by atoms with van der Waals surface area (Å²) in [5.41, 5.74) is 1.54. The summed E-state index contributed by atoms with van der Waals surface area (Å²) in [6.45, 7) is 4.56. The molecule has 0 aliphatic rings. The van der Waals surface area contributed by atoms with Crippen LogP contribution in [0.25, 0.3) is 0 Å². The zero-order valence-electron chi connectivity index (χ0n) is 12.1. The second kappa shape index (κ2) is 6.24. The number of para-hydroxylation sites is 2. The molecule has 3 heteroatoms. The molecule has 0 heterocycles. The fourth-order valence-corrected chi connectivity index (χ4v) is 1.91. The van der Waals surface area contributed by atoms with Crippen molar-refractivity contribution in [3.05, 3.63) is 59.7 Å². The Bertz CT molecular complexity index is 593. The Hall–Kier alpha value is -2.29. The maximum absolute atomic E-state index is 12.4. The van der Waals surface area contributed by atoms with Gasteiger partial charge in [0, 0.05) is 13.6 Å². The SMILES string of the molecule is CCN(C)C(=O)c1cccc(C)c1Oc1ccccc1. The van der Waals surface area contributed by atoms with Gasteiger partial charge in [-0.2, -0.15) is 0 Å². The number of hydrogen-bond acceptors (Lipinski definition) is 2. The molecule has 0 atom stereocenters. The molecule has 0 bridgehead atoms. The normalized spacial score (nSPS) is 10.2. The van der Waals surface area contributed by atoms with Crippen molar-refractivity contribution in [2.75, 3.05) is 13.6 Å². The van der Waals surface area contributed by atoms with Crippen LogP contribution in [0, 0.1) is 6.92 Å². The summed E-state index contributed by atoms with van der Waals surface area (Å²) in [4.78, 5) is 14.1. The maximum Gasteiger partial charge on any atom is 0.257 e. The third kappa shape index (κ3) is 2.99. The first kappa shape index (κ1) is 14.1. The van der Waals surface area contributed by atoms with E-state index in [9.17, 15) is 4.79 Å². The molecule has 0 aliphatic heterocycles. The molecule has 0 radical (unpaired) electrons. The molecule has 0 unspecified atom stereocenters. The minimum Gasteiger partial charge on any atom is -0.456 e. The number of benzene rings is 2. The van der Waals surface area contributed by atoms with E-state index in [1.54, 1.807) is 18.0 Å². The average Bonchev–Trinajstić information content (AvgIpc) is 2.49. The summed E-state index contributed by atoms with van der Waals surface area (Å²) in [5.74, 6) is 1.33. The summed E-state index contributed by atoms with van der Waals surface area (Å²) >= 11 is 0. The lowest BCUT2D eigenvalue weighted by Gasteiger charge is -2.18. The van der Waals surface area contributed by atoms with Gasteiger partial charge in [-0.3, -0.25) is 4.79 Å². The van der Waals surface area contributed by atoms with Crippen LogP contribution in [0.4, 0.5) is 0 Å². The summed E-state index contributed by atoms with van der Waals surface area (Å²) in [6.07, 6.45) is 0. The fraction of sp³-hybridized carbons (Fsp3) is 0.235. The minimum atomic E-state index is -0.0258. The Morgan fingerprint density at radius 2 is 1.80 bits per heavy atom. The van der Waals surface area contributed by atoms with E-state index in [1.165, 1.54) is 0 Å². The van der Waals surface area contributed by atoms with Crippen LogP contribution in [0.2, 0.25) is 0 Å². The summed E-state index contributed by atoms with van der Waals surface area (Å²) < 4.78 is 5.91. The van der Waals surface area contributed by atoms with Crippen molar-refractivity contribution in [1.29, 1.82) is 0 Å². The van der Waals surface area contributed by atoms with Crippen molar-refractivity contribution in [1.82, 2.24) is 4.90 Å². The Labute approximate surface area is 119 Å². The first-order valence-electron chi connectivity index (χ1n) is 6.71. The van der Waals surface area contributed by atoms with E-state index in [0.29, 0.717) is 17.9 Å². The van der Waals surface area contributed by atoms with Crippen LogP contribution in [-0.4, -0.2) is 24.4 Å². The highest BCUT2D eigenvalue weighted by Gasteiger charge is 2.17. The molecule has 2 rings (SSSR count). The van der Waals surface area contributed by atoms with Crippen molar-refractivity contribution in [2.24, 2.45) is 0 Å². The van der Waals surface area contributed by atoms with Crippen LogP contribution in [0.5, 0.6) is 11.5 Å². The van der Waals surface area contributed by atoms with Gasteiger partial charge in [0.1, 0.15) is 11.5 Å². The van der Waals surface area contributed by atoms with Crippen LogP contribution in [0.3, 0.4) is 0 Å². The van der Waals surface area contributed by atoms with Crippen LogP contribution in [0.1, 0.15) is 22.8 Å².